The molecule has 3 aromatic carbocycles. The van der Waals surface area contributed by atoms with E-state index in [1.54, 1.807) is 24.3 Å². The lowest BCUT2D eigenvalue weighted by Crippen LogP contribution is -2.29. The lowest BCUT2D eigenvalue weighted by molar-refractivity contribution is -0.121. The van der Waals surface area contributed by atoms with Crippen LogP contribution < -0.4 is 5.32 Å². The molecule has 0 spiro atoms. The number of sulfonamides is 1. The summed E-state index contributed by atoms with van der Waals surface area (Å²) in [6.07, 6.45) is 0.848. The SMILES string of the molecule is CN(C)S(=O)(=O)c1ccc(CCC(=O)NC(c2ccccc2)c2ccccc2)cc1. The van der Waals surface area contributed by atoms with Crippen molar-refractivity contribution in [3.63, 3.8) is 0 Å². The van der Waals surface area contributed by atoms with Crippen LogP contribution in [0.3, 0.4) is 0 Å². The Kier molecular flexibility index (Phi) is 7.03. The second-order valence-corrected chi connectivity index (χ2v) is 9.41. The van der Waals surface area contributed by atoms with Crippen LogP contribution in [-0.2, 0) is 21.2 Å². The largest absolute Gasteiger partial charge is 0.345 e. The first kappa shape index (κ1) is 21.7. The third kappa shape index (κ3) is 5.34. The number of benzene rings is 3. The second kappa shape index (κ2) is 9.69. The number of nitrogens with zero attached hydrogens (tertiary/aromatic N) is 1. The zero-order valence-corrected chi connectivity index (χ0v) is 18.0. The molecule has 30 heavy (non-hydrogen) atoms. The highest BCUT2D eigenvalue weighted by atomic mass is 32.2. The van der Waals surface area contributed by atoms with Crippen LogP contribution in [0.4, 0.5) is 0 Å². The van der Waals surface area contributed by atoms with E-state index in [1.165, 1.54) is 18.4 Å². The average Bonchev–Trinajstić information content (AvgIpc) is 2.77. The van der Waals surface area contributed by atoms with Gasteiger partial charge in [0.25, 0.3) is 0 Å². The zero-order valence-electron chi connectivity index (χ0n) is 17.2. The monoisotopic (exact) mass is 422 g/mol. The fraction of sp³-hybridized carbons (Fsp3) is 0.208. The van der Waals surface area contributed by atoms with E-state index < -0.39 is 10.0 Å². The number of rotatable bonds is 8. The van der Waals surface area contributed by atoms with Gasteiger partial charge in [0.2, 0.25) is 15.9 Å². The van der Waals surface area contributed by atoms with Gasteiger partial charge in [0.05, 0.1) is 10.9 Å². The molecule has 5 nitrogen and oxygen atoms in total. The van der Waals surface area contributed by atoms with Crippen LogP contribution in [0.1, 0.15) is 29.2 Å². The molecule has 3 aromatic rings. The molecule has 0 unspecified atom stereocenters. The van der Waals surface area contributed by atoms with Gasteiger partial charge in [-0.25, -0.2) is 12.7 Å². The molecule has 0 saturated heterocycles. The molecule has 0 aliphatic carbocycles. The normalized spacial score (nSPS) is 11.6. The van der Waals surface area contributed by atoms with Crippen LogP contribution in [0.5, 0.6) is 0 Å². The molecule has 1 N–H and O–H groups in total. The van der Waals surface area contributed by atoms with Gasteiger partial charge in [-0.3, -0.25) is 4.79 Å². The first-order valence-electron chi connectivity index (χ1n) is 9.78. The molecule has 6 heteroatoms. The number of amides is 1. The zero-order chi connectivity index (χ0) is 21.6. The summed E-state index contributed by atoms with van der Waals surface area (Å²) in [6, 6.07) is 26.2. The summed E-state index contributed by atoms with van der Waals surface area (Å²) in [5, 5.41) is 3.13. The van der Waals surface area contributed by atoms with Crippen LogP contribution in [0.25, 0.3) is 0 Å². The highest BCUT2D eigenvalue weighted by molar-refractivity contribution is 7.89. The van der Waals surface area contributed by atoms with Crippen LogP contribution in [0, 0.1) is 0 Å². The third-order valence-corrected chi connectivity index (χ3v) is 6.74. The van der Waals surface area contributed by atoms with Gasteiger partial charge < -0.3 is 5.32 Å². The van der Waals surface area contributed by atoms with Gasteiger partial charge in [-0.15, -0.1) is 0 Å². The average molecular weight is 423 g/mol. The van der Waals surface area contributed by atoms with E-state index in [0.29, 0.717) is 12.8 Å². The predicted octanol–water partition coefficient (Wildman–Crippen LogP) is 3.78. The summed E-state index contributed by atoms with van der Waals surface area (Å²) in [5.41, 5.74) is 2.96. The van der Waals surface area contributed by atoms with Gasteiger partial charge in [-0.05, 0) is 35.2 Å². The standard InChI is InChI=1S/C24H26N2O3S/c1-26(2)30(28,29)22-16-13-19(14-17-22)15-18-23(27)25-24(20-9-5-3-6-10-20)21-11-7-4-8-12-21/h3-14,16-17,24H,15,18H2,1-2H3,(H,25,27). The number of hydrogen-bond acceptors (Lipinski definition) is 3. The van der Waals surface area contributed by atoms with Gasteiger partial charge in [-0.1, -0.05) is 72.8 Å². The lowest BCUT2D eigenvalue weighted by Gasteiger charge is -2.20. The van der Waals surface area contributed by atoms with Gasteiger partial charge >= 0.3 is 0 Å². The minimum Gasteiger partial charge on any atom is -0.345 e. The molecule has 0 atom stereocenters. The molecule has 3 rings (SSSR count). The molecule has 1 amide bonds. The summed E-state index contributed by atoms with van der Waals surface area (Å²) < 4.78 is 25.5. The Balaban J connectivity index is 1.67. The molecule has 0 aliphatic rings. The smallest absolute Gasteiger partial charge is 0.242 e. The van der Waals surface area contributed by atoms with Gasteiger partial charge in [0.1, 0.15) is 0 Å². The van der Waals surface area contributed by atoms with Crippen LogP contribution >= 0.6 is 0 Å². The van der Waals surface area contributed by atoms with Crippen molar-refractivity contribution in [1.29, 1.82) is 0 Å². The van der Waals surface area contributed by atoms with Crippen molar-refractivity contribution in [3.8, 4) is 0 Å². The fourth-order valence-electron chi connectivity index (χ4n) is 3.18. The second-order valence-electron chi connectivity index (χ2n) is 7.25. The van der Waals surface area contributed by atoms with Crippen molar-refractivity contribution in [2.24, 2.45) is 0 Å². The Hall–Kier alpha value is -2.96. The first-order chi connectivity index (χ1) is 14.4. The predicted molar refractivity (Wildman–Crippen MR) is 119 cm³/mol. The molecule has 0 heterocycles. The molecule has 0 aromatic heterocycles. The number of aryl methyl sites for hydroxylation is 1. The Morgan fingerprint density at radius 2 is 1.33 bits per heavy atom. The highest BCUT2D eigenvalue weighted by Crippen LogP contribution is 2.22. The van der Waals surface area contributed by atoms with E-state index in [2.05, 4.69) is 5.32 Å². The molecular formula is C24H26N2O3S. The van der Waals surface area contributed by atoms with Gasteiger partial charge in [-0.2, -0.15) is 0 Å². The quantitative estimate of drug-likeness (QED) is 0.601. The van der Waals surface area contributed by atoms with Gasteiger partial charge in [0, 0.05) is 20.5 Å². The number of carbonyl (C=O) groups excluding carboxylic acids is 1. The van der Waals surface area contributed by atoms with E-state index >= 15 is 0 Å². The number of hydrogen-bond donors (Lipinski definition) is 1. The Morgan fingerprint density at radius 1 is 0.833 bits per heavy atom. The molecule has 0 fully saturated rings. The minimum absolute atomic E-state index is 0.0577. The minimum atomic E-state index is -3.45. The molecule has 156 valence electrons. The van der Waals surface area contributed by atoms with E-state index in [0.717, 1.165) is 16.7 Å². The van der Waals surface area contributed by atoms with Crippen molar-refractivity contribution in [3.05, 3.63) is 102 Å². The summed E-state index contributed by atoms with van der Waals surface area (Å²) in [7, 11) is -0.441. The maximum absolute atomic E-state index is 12.7. The molecule has 0 aliphatic heterocycles. The van der Waals surface area contributed by atoms with Crippen molar-refractivity contribution >= 4 is 15.9 Å². The summed E-state index contributed by atoms with van der Waals surface area (Å²) >= 11 is 0. The summed E-state index contributed by atoms with van der Waals surface area (Å²) in [6.45, 7) is 0. The van der Waals surface area contributed by atoms with Crippen LogP contribution in [0.2, 0.25) is 0 Å². The van der Waals surface area contributed by atoms with Crippen molar-refractivity contribution in [2.45, 2.75) is 23.8 Å². The maximum atomic E-state index is 12.7. The third-order valence-electron chi connectivity index (χ3n) is 4.91. The van der Waals surface area contributed by atoms with E-state index in [4.69, 9.17) is 0 Å². The summed E-state index contributed by atoms with van der Waals surface area (Å²) in [5.74, 6) is -0.0577. The Morgan fingerprint density at radius 3 is 1.80 bits per heavy atom. The molecular weight excluding hydrogens is 396 g/mol. The fourth-order valence-corrected chi connectivity index (χ4v) is 4.08. The molecule has 0 radical (unpaired) electrons. The highest BCUT2D eigenvalue weighted by Gasteiger charge is 2.18. The van der Waals surface area contributed by atoms with E-state index in [1.807, 2.05) is 60.7 Å². The molecule has 0 bridgehead atoms. The van der Waals surface area contributed by atoms with Crippen LogP contribution in [0.15, 0.2) is 89.8 Å². The topological polar surface area (TPSA) is 66.5 Å². The Bertz CT molecular complexity index is 1020. The number of carbonyl (C=O) groups is 1. The Labute approximate surface area is 178 Å². The van der Waals surface area contributed by atoms with Crippen LogP contribution in [-0.4, -0.2) is 32.7 Å². The van der Waals surface area contributed by atoms with Crippen molar-refractivity contribution in [2.75, 3.05) is 14.1 Å². The van der Waals surface area contributed by atoms with E-state index in [-0.39, 0.29) is 16.8 Å². The summed E-state index contributed by atoms with van der Waals surface area (Å²) in [4.78, 5) is 12.9. The first-order valence-corrected chi connectivity index (χ1v) is 11.2. The maximum Gasteiger partial charge on any atom is 0.242 e. The number of nitrogens with one attached hydrogen (secondary N) is 1. The molecule has 0 saturated carbocycles. The van der Waals surface area contributed by atoms with Crippen molar-refractivity contribution < 1.29 is 13.2 Å². The lowest BCUT2D eigenvalue weighted by atomic mass is 9.98. The van der Waals surface area contributed by atoms with E-state index in [9.17, 15) is 13.2 Å². The van der Waals surface area contributed by atoms with Gasteiger partial charge in [0.15, 0.2) is 0 Å². The van der Waals surface area contributed by atoms with Crippen molar-refractivity contribution in [1.82, 2.24) is 9.62 Å².